The number of pyridine rings is 1. The topological polar surface area (TPSA) is 58.6 Å². The summed E-state index contributed by atoms with van der Waals surface area (Å²) in [5, 5.41) is 3.52. The Labute approximate surface area is 224 Å². The number of anilines is 1. The second-order valence-electron chi connectivity index (χ2n) is 8.57. The maximum atomic E-state index is 14.2. The number of methoxy groups -OCH3 is 1. The highest BCUT2D eigenvalue weighted by atomic mass is 35.5. The minimum absolute atomic E-state index is 0. The van der Waals surface area contributed by atoms with Crippen molar-refractivity contribution in [2.75, 3.05) is 39.2 Å². The number of aryl methyl sites for hydroxylation is 1. The van der Waals surface area contributed by atoms with Gasteiger partial charge in [-0.15, -0.1) is 23.7 Å². The van der Waals surface area contributed by atoms with Crippen LogP contribution < -0.4 is 9.64 Å². The van der Waals surface area contributed by atoms with Gasteiger partial charge in [-0.05, 0) is 56.2 Å². The van der Waals surface area contributed by atoms with Crippen molar-refractivity contribution < 1.29 is 9.53 Å². The first kappa shape index (κ1) is 26.0. The lowest BCUT2D eigenvalue weighted by atomic mass is 10.1. The highest BCUT2D eigenvalue weighted by Crippen LogP contribution is 2.37. The van der Waals surface area contributed by atoms with Gasteiger partial charge in [-0.1, -0.05) is 41.7 Å². The number of hydrogen-bond donors (Lipinski definition) is 0. The third-order valence-electron chi connectivity index (χ3n) is 5.88. The molecule has 0 aliphatic carbocycles. The Bertz CT molecular complexity index is 1520. The molecule has 0 aliphatic rings. The zero-order valence-corrected chi connectivity index (χ0v) is 23.0. The van der Waals surface area contributed by atoms with E-state index < -0.39 is 0 Å². The zero-order chi connectivity index (χ0) is 24.5. The summed E-state index contributed by atoms with van der Waals surface area (Å²) in [6.45, 7) is 3.27. The molecule has 9 heteroatoms. The Morgan fingerprint density at radius 1 is 1.03 bits per heavy atom. The molecule has 0 unspecified atom stereocenters. The van der Waals surface area contributed by atoms with Crippen LogP contribution in [0.15, 0.2) is 60.0 Å². The third kappa shape index (κ3) is 4.95. The third-order valence-corrected chi connectivity index (χ3v) is 7.99. The molecule has 0 saturated heterocycles. The van der Waals surface area contributed by atoms with Crippen molar-refractivity contribution in [1.82, 2.24) is 14.9 Å². The Balaban J connectivity index is 0.00000304. The first-order chi connectivity index (χ1) is 17.0. The first-order valence-electron chi connectivity index (χ1n) is 11.3. The quantitative estimate of drug-likeness (QED) is 0.236. The van der Waals surface area contributed by atoms with Crippen molar-refractivity contribution >= 4 is 67.2 Å². The van der Waals surface area contributed by atoms with Crippen LogP contribution in [-0.2, 0) is 0 Å². The van der Waals surface area contributed by atoms with Gasteiger partial charge in [0.05, 0.1) is 33.5 Å². The van der Waals surface area contributed by atoms with Gasteiger partial charge < -0.3 is 9.64 Å². The van der Waals surface area contributed by atoms with Crippen LogP contribution in [-0.4, -0.2) is 55.1 Å². The zero-order valence-electron chi connectivity index (χ0n) is 20.5. The molecule has 3 heterocycles. The van der Waals surface area contributed by atoms with Crippen LogP contribution in [0, 0.1) is 6.92 Å². The van der Waals surface area contributed by atoms with E-state index in [1.807, 2.05) is 74.1 Å². The number of rotatable bonds is 7. The predicted molar refractivity (Wildman–Crippen MR) is 153 cm³/mol. The normalized spacial score (nSPS) is 11.1. The van der Waals surface area contributed by atoms with E-state index in [2.05, 4.69) is 11.8 Å². The average molecular weight is 539 g/mol. The summed E-state index contributed by atoms with van der Waals surface area (Å²) in [5.74, 6) is 0.626. The Morgan fingerprint density at radius 3 is 2.56 bits per heavy atom. The summed E-state index contributed by atoms with van der Waals surface area (Å²) in [5.41, 5.74) is 4.13. The van der Waals surface area contributed by atoms with Crippen molar-refractivity contribution in [2.45, 2.75) is 6.92 Å². The molecule has 1 amide bonds. The van der Waals surface area contributed by atoms with E-state index in [-0.39, 0.29) is 18.3 Å². The van der Waals surface area contributed by atoms with Gasteiger partial charge >= 0.3 is 0 Å². The van der Waals surface area contributed by atoms with Crippen LogP contribution in [0.25, 0.3) is 31.7 Å². The summed E-state index contributed by atoms with van der Waals surface area (Å²) in [6.07, 6.45) is 0. The summed E-state index contributed by atoms with van der Waals surface area (Å²) in [4.78, 5) is 28.9. The molecule has 0 aliphatic heterocycles. The van der Waals surface area contributed by atoms with Crippen LogP contribution in [0.2, 0.25) is 0 Å². The number of carbonyl (C=O) groups is 1. The van der Waals surface area contributed by atoms with Crippen molar-refractivity contribution in [3.05, 3.63) is 71.1 Å². The number of likely N-dealkylation sites (N-methyl/N-ethyl adjacent to an activating group) is 1. The molecular weight excluding hydrogens is 512 g/mol. The second-order valence-corrected chi connectivity index (χ2v) is 10.5. The molecule has 36 heavy (non-hydrogen) atoms. The molecule has 0 fully saturated rings. The Morgan fingerprint density at radius 2 is 1.83 bits per heavy atom. The SMILES string of the molecule is COc1ccc(C)c2sc(N(CCN(C)C)C(=O)c3cc(-c4cccs4)nc4ccccc34)nc12.Cl. The van der Waals surface area contributed by atoms with E-state index >= 15 is 0 Å². The lowest BCUT2D eigenvalue weighted by Gasteiger charge is -2.23. The van der Waals surface area contributed by atoms with Gasteiger partial charge in [0.25, 0.3) is 5.91 Å². The Hall–Kier alpha value is -3.04. The second kappa shape index (κ2) is 10.9. The van der Waals surface area contributed by atoms with Gasteiger partial charge in [0.1, 0.15) is 11.3 Å². The van der Waals surface area contributed by atoms with E-state index in [0.29, 0.717) is 29.5 Å². The van der Waals surface area contributed by atoms with Gasteiger partial charge in [-0.3, -0.25) is 9.69 Å². The molecule has 0 bridgehead atoms. The van der Waals surface area contributed by atoms with Crippen molar-refractivity contribution in [1.29, 1.82) is 0 Å². The van der Waals surface area contributed by atoms with Crippen molar-refractivity contribution in [3.8, 4) is 16.3 Å². The molecule has 3 aromatic heterocycles. The molecule has 0 radical (unpaired) electrons. The van der Waals surface area contributed by atoms with E-state index in [1.54, 1.807) is 23.3 Å². The number of nitrogens with zero attached hydrogens (tertiary/aromatic N) is 4. The van der Waals surface area contributed by atoms with E-state index in [0.717, 1.165) is 37.3 Å². The monoisotopic (exact) mass is 538 g/mol. The molecule has 0 atom stereocenters. The molecule has 0 saturated carbocycles. The van der Waals surface area contributed by atoms with Gasteiger partial charge in [0, 0.05) is 18.5 Å². The lowest BCUT2D eigenvalue weighted by molar-refractivity contribution is 0.0986. The summed E-state index contributed by atoms with van der Waals surface area (Å²) in [7, 11) is 5.66. The smallest absolute Gasteiger partial charge is 0.260 e. The number of thiophene rings is 1. The van der Waals surface area contributed by atoms with Crippen molar-refractivity contribution in [3.63, 3.8) is 0 Å². The van der Waals surface area contributed by atoms with E-state index in [4.69, 9.17) is 14.7 Å². The molecule has 0 spiro atoms. The van der Waals surface area contributed by atoms with E-state index in [1.165, 1.54) is 11.3 Å². The fraction of sp³-hybridized carbons (Fsp3) is 0.222. The van der Waals surface area contributed by atoms with Crippen LogP contribution in [0.1, 0.15) is 15.9 Å². The minimum Gasteiger partial charge on any atom is -0.494 e. The molecule has 5 rings (SSSR count). The number of benzene rings is 2. The highest BCUT2D eigenvalue weighted by Gasteiger charge is 2.25. The molecule has 0 N–H and O–H groups in total. The van der Waals surface area contributed by atoms with Gasteiger partial charge in [-0.2, -0.15) is 0 Å². The van der Waals surface area contributed by atoms with Gasteiger partial charge in [0.15, 0.2) is 5.13 Å². The van der Waals surface area contributed by atoms with E-state index in [9.17, 15) is 4.79 Å². The number of carbonyl (C=O) groups excluding carboxylic acids is 1. The largest absolute Gasteiger partial charge is 0.494 e. The fourth-order valence-corrected chi connectivity index (χ4v) is 5.77. The standard InChI is InChI=1S/C27H26N4O2S2.ClH/c1-17-11-12-22(33-4)24-25(17)35-27(29-24)31(14-13-30(2)3)26(32)19-16-21(23-10-7-15-34-23)28-20-9-6-5-8-18(19)20;/h5-12,15-16H,13-14H2,1-4H3;1H. The fourth-order valence-electron chi connectivity index (χ4n) is 4.01. The summed E-state index contributed by atoms with van der Waals surface area (Å²) < 4.78 is 6.59. The number of amides is 1. The van der Waals surface area contributed by atoms with Crippen LogP contribution in [0.5, 0.6) is 5.75 Å². The van der Waals surface area contributed by atoms with Crippen LogP contribution in [0.4, 0.5) is 5.13 Å². The van der Waals surface area contributed by atoms with Crippen molar-refractivity contribution in [2.24, 2.45) is 0 Å². The molecule has 6 nitrogen and oxygen atoms in total. The maximum Gasteiger partial charge on any atom is 0.260 e. The van der Waals surface area contributed by atoms with Gasteiger partial charge in [-0.25, -0.2) is 9.97 Å². The number of fused-ring (bicyclic) bond motifs is 2. The molecular formula is C27H27ClN4O2S2. The predicted octanol–water partition coefficient (Wildman–Crippen LogP) is 6.52. The molecule has 186 valence electrons. The molecule has 2 aromatic carbocycles. The Kier molecular flexibility index (Phi) is 7.90. The number of halogens is 1. The van der Waals surface area contributed by atoms with Gasteiger partial charge in [0.2, 0.25) is 0 Å². The van der Waals surface area contributed by atoms with Crippen LogP contribution in [0.3, 0.4) is 0 Å². The average Bonchev–Trinajstić information content (AvgIpc) is 3.55. The summed E-state index contributed by atoms with van der Waals surface area (Å²) in [6, 6.07) is 17.7. The van der Waals surface area contributed by atoms with Crippen LogP contribution >= 0.6 is 35.1 Å². The summed E-state index contributed by atoms with van der Waals surface area (Å²) >= 11 is 3.14. The number of ether oxygens (including phenoxy) is 1. The first-order valence-corrected chi connectivity index (χ1v) is 13.0. The number of para-hydroxylation sites is 1. The lowest BCUT2D eigenvalue weighted by Crippen LogP contribution is -2.37. The molecule has 5 aromatic rings. The number of thiazole rings is 1. The minimum atomic E-state index is -0.0843. The highest BCUT2D eigenvalue weighted by molar-refractivity contribution is 7.22. The number of aromatic nitrogens is 2. The maximum absolute atomic E-state index is 14.2. The number of hydrogen-bond acceptors (Lipinski definition) is 7.